The third-order valence-corrected chi connectivity index (χ3v) is 6.15. The van der Waals surface area contributed by atoms with Crippen molar-refractivity contribution < 1.29 is 0 Å². The van der Waals surface area contributed by atoms with Crippen LogP contribution in [0.3, 0.4) is 0 Å². The Hall–Kier alpha value is -0.0400. The van der Waals surface area contributed by atoms with Gasteiger partial charge in [0.25, 0.3) is 0 Å². The Morgan fingerprint density at radius 3 is 2.10 bits per heavy atom. The van der Waals surface area contributed by atoms with Crippen LogP contribution < -0.4 is 5.32 Å². The van der Waals surface area contributed by atoms with Crippen molar-refractivity contribution in [1.82, 2.24) is 5.32 Å². The Morgan fingerprint density at radius 2 is 1.48 bits per heavy atom. The molecular weight excluding hydrogens is 254 g/mol. The number of hydrogen-bond acceptors (Lipinski definition) is 1. The molecule has 1 N–H and O–H groups in total. The lowest BCUT2D eigenvalue weighted by Crippen LogP contribution is -2.44. The molecule has 0 radical (unpaired) electrons. The molecule has 21 heavy (non-hydrogen) atoms. The SMILES string of the molecule is CCCCC1CCC(C(NCCC)C2CCCCC2)CC1. The van der Waals surface area contributed by atoms with Crippen LogP contribution in [0.1, 0.15) is 97.3 Å². The first-order valence-corrected chi connectivity index (χ1v) is 10.1. The lowest BCUT2D eigenvalue weighted by atomic mass is 9.71. The lowest BCUT2D eigenvalue weighted by Gasteiger charge is -2.40. The summed E-state index contributed by atoms with van der Waals surface area (Å²) in [6.45, 7) is 5.88. The minimum Gasteiger partial charge on any atom is -0.313 e. The van der Waals surface area contributed by atoms with Gasteiger partial charge in [-0.1, -0.05) is 65.2 Å². The molecule has 0 amide bonds. The normalized spacial score (nSPS) is 29.4. The van der Waals surface area contributed by atoms with E-state index in [0.717, 1.165) is 23.8 Å². The van der Waals surface area contributed by atoms with Crippen LogP contribution in [-0.2, 0) is 0 Å². The number of unbranched alkanes of at least 4 members (excludes halogenated alkanes) is 1. The summed E-state index contributed by atoms with van der Waals surface area (Å²) in [7, 11) is 0. The molecule has 2 rings (SSSR count). The topological polar surface area (TPSA) is 12.0 Å². The fourth-order valence-corrected chi connectivity index (χ4v) is 4.85. The second-order valence-electron chi connectivity index (χ2n) is 7.80. The Morgan fingerprint density at radius 1 is 0.810 bits per heavy atom. The van der Waals surface area contributed by atoms with Crippen LogP contribution in [0.5, 0.6) is 0 Å². The molecule has 1 nitrogen and oxygen atoms in total. The Kier molecular flexibility index (Phi) is 8.14. The van der Waals surface area contributed by atoms with Crippen LogP contribution >= 0.6 is 0 Å². The van der Waals surface area contributed by atoms with Crippen LogP contribution in [-0.4, -0.2) is 12.6 Å². The van der Waals surface area contributed by atoms with Gasteiger partial charge in [0.2, 0.25) is 0 Å². The highest BCUT2D eigenvalue weighted by atomic mass is 14.9. The van der Waals surface area contributed by atoms with Gasteiger partial charge in [0.1, 0.15) is 0 Å². The summed E-state index contributed by atoms with van der Waals surface area (Å²) in [5, 5.41) is 3.97. The highest BCUT2D eigenvalue weighted by Crippen LogP contribution is 2.38. The molecule has 124 valence electrons. The molecule has 0 heterocycles. The quantitative estimate of drug-likeness (QED) is 0.584. The third-order valence-electron chi connectivity index (χ3n) is 6.15. The van der Waals surface area contributed by atoms with Gasteiger partial charge in [-0.3, -0.25) is 0 Å². The fourth-order valence-electron chi connectivity index (χ4n) is 4.85. The maximum absolute atomic E-state index is 3.97. The van der Waals surface area contributed by atoms with E-state index >= 15 is 0 Å². The van der Waals surface area contributed by atoms with Crippen molar-refractivity contribution in [2.75, 3.05) is 6.54 Å². The molecule has 1 unspecified atom stereocenters. The zero-order chi connectivity index (χ0) is 14.9. The Bertz CT molecular complexity index is 249. The van der Waals surface area contributed by atoms with E-state index < -0.39 is 0 Å². The molecule has 0 bridgehead atoms. The zero-order valence-electron chi connectivity index (χ0n) is 14.7. The van der Waals surface area contributed by atoms with Crippen molar-refractivity contribution in [3.63, 3.8) is 0 Å². The van der Waals surface area contributed by atoms with Crippen molar-refractivity contribution >= 4 is 0 Å². The summed E-state index contributed by atoms with van der Waals surface area (Å²) >= 11 is 0. The molecule has 2 aliphatic rings. The molecule has 0 aromatic heterocycles. The van der Waals surface area contributed by atoms with E-state index in [1.165, 1.54) is 90.0 Å². The van der Waals surface area contributed by atoms with Crippen LogP contribution in [0.2, 0.25) is 0 Å². The second kappa shape index (κ2) is 9.87. The fraction of sp³-hybridized carbons (Fsp3) is 1.00. The van der Waals surface area contributed by atoms with Crippen LogP contribution in [0.4, 0.5) is 0 Å². The van der Waals surface area contributed by atoms with Gasteiger partial charge in [-0.15, -0.1) is 0 Å². The first kappa shape index (κ1) is 17.3. The van der Waals surface area contributed by atoms with E-state index in [2.05, 4.69) is 19.2 Å². The Balaban J connectivity index is 1.82. The van der Waals surface area contributed by atoms with Crippen molar-refractivity contribution in [2.45, 2.75) is 103 Å². The zero-order valence-corrected chi connectivity index (χ0v) is 14.7. The first-order chi connectivity index (χ1) is 10.3. The van der Waals surface area contributed by atoms with Crippen LogP contribution in [0.15, 0.2) is 0 Å². The van der Waals surface area contributed by atoms with Gasteiger partial charge in [-0.2, -0.15) is 0 Å². The number of nitrogens with one attached hydrogen (secondary N) is 1. The summed E-state index contributed by atoms with van der Waals surface area (Å²) < 4.78 is 0. The highest BCUT2D eigenvalue weighted by molar-refractivity contribution is 4.88. The van der Waals surface area contributed by atoms with Gasteiger partial charge in [0.05, 0.1) is 0 Å². The predicted octanol–water partition coefficient (Wildman–Crippen LogP) is 5.93. The lowest BCUT2D eigenvalue weighted by molar-refractivity contribution is 0.149. The average Bonchev–Trinajstić information content (AvgIpc) is 2.55. The number of rotatable bonds is 8. The van der Waals surface area contributed by atoms with E-state index in [4.69, 9.17) is 0 Å². The molecular formula is C20H39N. The van der Waals surface area contributed by atoms with Gasteiger partial charge in [-0.05, 0) is 56.4 Å². The van der Waals surface area contributed by atoms with E-state index in [1.807, 2.05) is 0 Å². The molecule has 2 aliphatic carbocycles. The van der Waals surface area contributed by atoms with Gasteiger partial charge in [0.15, 0.2) is 0 Å². The summed E-state index contributed by atoms with van der Waals surface area (Å²) in [5.41, 5.74) is 0. The predicted molar refractivity (Wildman–Crippen MR) is 93.6 cm³/mol. The molecule has 1 atom stereocenters. The smallest absolute Gasteiger partial charge is 0.0124 e. The van der Waals surface area contributed by atoms with Gasteiger partial charge >= 0.3 is 0 Å². The third kappa shape index (κ3) is 5.58. The molecule has 0 aromatic carbocycles. The van der Waals surface area contributed by atoms with E-state index in [9.17, 15) is 0 Å². The largest absolute Gasteiger partial charge is 0.313 e. The first-order valence-electron chi connectivity index (χ1n) is 10.1. The van der Waals surface area contributed by atoms with Crippen molar-refractivity contribution in [3.8, 4) is 0 Å². The van der Waals surface area contributed by atoms with Gasteiger partial charge in [0, 0.05) is 6.04 Å². The maximum atomic E-state index is 3.97. The standard InChI is InChI=1S/C20H39N/c1-3-5-9-17-12-14-19(15-13-17)20(21-16-4-2)18-10-7-6-8-11-18/h17-21H,3-16H2,1-2H3. The molecule has 0 aliphatic heterocycles. The van der Waals surface area contributed by atoms with Crippen molar-refractivity contribution in [2.24, 2.45) is 17.8 Å². The van der Waals surface area contributed by atoms with Crippen LogP contribution in [0.25, 0.3) is 0 Å². The molecule has 2 saturated carbocycles. The second-order valence-corrected chi connectivity index (χ2v) is 7.80. The molecule has 0 aromatic rings. The van der Waals surface area contributed by atoms with E-state index in [1.54, 1.807) is 0 Å². The van der Waals surface area contributed by atoms with Gasteiger partial charge < -0.3 is 5.32 Å². The minimum absolute atomic E-state index is 0.845. The molecule has 1 heteroatoms. The van der Waals surface area contributed by atoms with Crippen LogP contribution in [0, 0.1) is 17.8 Å². The average molecular weight is 294 g/mol. The summed E-state index contributed by atoms with van der Waals surface area (Å²) in [4.78, 5) is 0. The van der Waals surface area contributed by atoms with E-state index in [-0.39, 0.29) is 0 Å². The molecule has 2 fully saturated rings. The van der Waals surface area contributed by atoms with E-state index in [0.29, 0.717) is 0 Å². The Labute approximate surface area is 133 Å². The summed E-state index contributed by atoms with van der Waals surface area (Å²) in [5.74, 6) is 3.03. The van der Waals surface area contributed by atoms with Gasteiger partial charge in [-0.25, -0.2) is 0 Å². The maximum Gasteiger partial charge on any atom is 0.0124 e. The monoisotopic (exact) mass is 293 g/mol. The molecule has 0 spiro atoms. The highest BCUT2D eigenvalue weighted by Gasteiger charge is 2.32. The summed E-state index contributed by atoms with van der Waals surface area (Å²) in [6, 6.07) is 0.845. The van der Waals surface area contributed by atoms with Crippen molar-refractivity contribution in [1.29, 1.82) is 0 Å². The minimum atomic E-state index is 0.845. The van der Waals surface area contributed by atoms with Crippen molar-refractivity contribution in [3.05, 3.63) is 0 Å². The number of hydrogen-bond donors (Lipinski definition) is 1. The summed E-state index contributed by atoms with van der Waals surface area (Å²) in [6.07, 6.45) is 19.1. The molecule has 0 saturated heterocycles.